The van der Waals surface area contributed by atoms with E-state index in [-0.39, 0.29) is 5.88 Å². The van der Waals surface area contributed by atoms with Crippen molar-refractivity contribution in [3.63, 3.8) is 0 Å². The number of hydrogen-bond acceptors (Lipinski definition) is 2. The van der Waals surface area contributed by atoms with Gasteiger partial charge in [0.25, 0.3) is 0 Å². The SMILES string of the molecule is [2H]C(Oc1cccc[n+]1[O-])c1ccccc1. The van der Waals surface area contributed by atoms with Crippen LogP contribution in [-0.2, 0) is 6.58 Å². The van der Waals surface area contributed by atoms with Crippen LogP contribution < -0.4 is 9.47 Å². The molecule has 0 amide bonds. The summed E-state index contributed by atoms with van der Waals surface area (Å²) in [5.41, 5.74) is 0.714. The molecule has 1 unspecified atom stereocenters. The zero-order chi connectivity index (χ0) is 11.4. The van der Waals surface area contributed by atoms with E-state index in [2.05, 4.69) is 0 Å². The molecule has 0 saturated carbocycles. The fourth-order valence-corrected chi connectivity index (χ4v) is 1.16. The monoisotopic (exact) mass is 202 g/mol. The van der Waals surface area contributed by atoms with Crippen molar-refractivity contribution in [1.29, 1.82) is 0 Å². The van der Waals surface area contributed by atoms with E-state index < -0.39 is 6.58 Å². The summed E-state index contributed by atoms with van der Waals surface area (Å²) in [7, 11) is 0. The lowest BCUT2D eigenvalue weighted by Crippen LogP contribution is -2.27. The quantitative estimate of drug-likeness (QED) is 0.563. The standard InChI is InChI=1S/C12H11NO2/c14-13-9-5-4-8-12(13)15-10-11-6-2-1-3-7-11/h1-9H,10H2/i10D. The third kappa shape index (κ3) is 2.47. The molecule has 0 aliphatic rings. The van der Waals surface area contributed by atoms with Gasteiger partial charge >= 0.3 is 5.88 Å². The van der Waals surface area contributed by atoms with Crippen LogP contribution in [0.25, 0.3) is 0 Å². The molecule has 76 valence electrons. The van der Waals surface area contributed by atoms with Crippen molar-refractivity contribution in [1.82, 2.24) is 0 Å². The predicted molar refractivity (Wildman–Crippen MR) is 56.2 cm³/mol. The minimum Gasteiger partial charge on any atom is -0.616 e. The Hall–Kier alpha value is -2.03. The first-order chi connectivity index (χ1) is 7.77. The first kappa shape index (κ1) is 8.29. The fraction of sp³-hybridized carbons (Fsp3) is 0.0833. The van der Waals surface area contributed by atoms with E-state index in [0.29, 0.717) is 10.3 Å². The van der Waals surface area contributed by atoms with E-state index in [0.717, 1.165) is 0 Å². The number of hydrogen-bond donors (Lipinski definition) is 0. The number of nitrogens with zero attached hydrogens (tertiary/aromatic N) is 1. The smallest absolute Gasteiger partial charge is 0.379 e. The Kier molecular flexibility index (Phi) is 2.47. The van der Waals surface area contributed by atoms with Crippen LogP contribution in [-0.4, -0.2) is 0 Å². The molecule has 0 fully saturated rings. The first-order valence-corrected chi connectivity index (χ1v) is 4.59. The maximum atomic E-state index is 11.3. The van der Waals surface area contributed by atoms with E-state index in [1.54, 1.807) is 24.3 Å². The fourth-order valence-electron chi connectivity index (χ4n) is 1.16. The molecule has 2 aromatic rings. The lowest BCUT2D eigenvalue weighted by Gasteiger charge is -2.05. The van der Waals surface area contributed by atoms with E-state index in [9.17, 15) is 5.21 Å². The van der Waals surface area contributed by atoms with Crippen molar-refractivity contribution in [2.24, 2.45) is 0 Å². The highest BCUT2D eigenvalue weighted by Gasteiger charge is 2.03. The Morgan fingerprint density at radius 1 is 1.13 bits per heavy atom. The van der Waals surface area contributed by atoms with Crippen molar-refractivity contribution >= 4 is 0 Å². The maximum absolute atomic E-state index is 11.3. The lowest BCUT2D eigenvalue weighted by molar-refractivity contribution is -0.613. The summed E-state index contributed by atoms with van der Waals surface area (Å²) in [4.78, 5) is 0. The number of benzene rings is 1. The summed E-state index contributed by atoms with van der Waals surface area (Å²) < 4.78 is 13.6. The van der Waals surface area contributed by atoms with Gasteiger partial charge in [0.05, 0.1) is 7.44 Å². The van der Waals surface area contributed by atoms with Gasteiger partial charge in [0.2, 0.25) is 0 Å². The highest BCUT2D eigenvalue weighted by molar-refractivity contribution is 5.14. The van der Waals surface area contributed by atoms with Crippen LogP contribution in [0.4, 0.5) is 0 Å². The summed E-state index contributed by atoms with van der Waals surface area (Å²) in [5, 5.41) is 11.3. The van der Waals surface area contributed by atoms with Crippen molar-refractivity contribution in [3.8, 4) is 5.88 Å². The van der Waals surface area contributed by atoms with Gasteiger partial charge in [-0.3, -0.25) is 0 Å². The largest absolute Gasteiger partial charge is 0.616 e. The molecular formula is C12H11NO2. The predicted octanol–water partition coefficient (Wildman–Crippen LogP) is 1.90. The Morgan fingerprint density at radius 3 is 2.60 bits per heavy atom. The van der Waals surface area contributed by atoms with E-state index >= 15 is 0 Å². The Balaban J connectivity index is 2.14. The number of pyridine rings is 1. The Labute approximate surface area is 89.5 Å². The second-order valence-electron chi connectivity index (χ2n) is 3.01. The van der Waals surface area contributed by atoms with Gasteiger partial charge in [0.15, 0.2) is 6.20 Å². The molecular weight excluding hydrogens is 190 g/mol. The molecule has 0 aliphatic carbocycles. The normalized spacial score (nSPS) is 12.9. The minimum absolute atomic E-state index is 0.131. The van der Waals surface area contributed by atoms with Gasteiger partial charge in [0.1, 0.15) is 6.58 Å². The van der Waals surface area contributed by atoms with E-state index in [1.807, 2.05) is 18.2 Å². The molecule has 1 aromatic heterocycles. The molecule has 3 nitrogen and oxygen atoms in total. The van der Waals surface area contributed by atoms with Crippen LogP contribution in [0.1, 0.15) is 6.93 Å². The van der Waals surface area contributed by atoms with Gasteiger partial charge in [-0.2, -0.15) is 0 Å². The summed E-state index contributed by atoms with van der Waals surface area (Å²) >= 11 is 0. The summed E-state index contributed by atoms with van der Waals surface area (Å²) in [5.74, 6) is 0.131. The molecule has 0 spiro atoms. The van der Waals surface area contributed by atoms with Gasteiger partial charge < -0.3 is 9.94 Å². The molecule has 0 bridgehead atoms. The highest BCUT2D eigenvalue weighted by atomic mass is 16.5. The van der Waals surface area contributed by atoms with Gasteiger partial charge in [-0.1, -0.05) is 30.3 Å². The van der Waals surface area contributed by atoms with Crippen LogP contribution in [0.2, 0.25) is 0 Å². The molecule has 1 heterocycles. The second-order valence-corrected chi connectivity index (χ2v) is 3.01. The molecule has 1 aromatic carbocycles. The van der Waals surface area contributed by atoms with Gasteiger partial charge in [-0.05, 0) is 11.6 Å². The Bertz CT molecular complexity index is 462. The van der Waals surface area contributed by atoms with Crippen LogP contribution >= 0.6 is 0 Å². The maximum Gasteiger partial charge on any atom is 0.379 e. The lowest BCUT2D eigenvalue weighted by atomic mass is 10.2. The second kappa shape index (κ2) is 4.46. The third-order valence-electron chi connectivity index (χ3n) is 1.90. The zero-order valence-electron chi connectivity index (χ0n) is 9.04. The van der Waals surface area contributed by atoms with Crippen molar-refractivity contribution < 1.29 is 10.8 Å². The molecule has 3 heteroatoms. The van der Waals surface area contributed by atoms with Crippen LogP contribution in [0.15, 0.2) is 54.7 Å². The topological polar surface area (TPSA) is 36.2 Å². The molecule has 0 saturated heterocycles. The number of ether oxygens (including phenoxy) is 1. The average molecular weight is 202 g/mol. The summed E-state index contributed by atoms with van der Waals surface area (Å²) in [6.45, 7) is -0.885. The van der Waals surface area contributed by atoms with Crippen molar-refractivity contribution in [2.45, 2.75) is 6.58 Å². The highest BCUT2D eigenvalue weighted by Crippen LogP contribution is 2.06. The van der Waals surface area contributed by atoms with E-state index in [4.69, 9.17) is 6.11 Å². The average Bonchev–Trinajstić information content (AvgIpc) is 2.33. The number of rotatable bonds is 3. The van der Waals surface area contributed by atoms with Crippen molar-refractivity contribution in [3.05, 3.63) is 65.5 Å². The Morgan fingerprint density at radius 2 is 1.87 bits per heavy atom. The van der Waals surface area contributed by atoms with Crippen LogP contribution in [0.5, 0.6) is 5.88 Å². The third-order valence-corrected chi connectivity index (χ3v) is 1.90. The molecule has 2 rings (SSSR count). The zero-order valence-corrected chi connectivity index (χ0v) is 8.04. The molecule has 1 atom stereocenters. The van der Waals surface area contributed by atoms with Gasteiger partial charge in [0, 0.05) is 6.07 Å². The van der Waals surface area contributed by atoms with Crippen molar-refractivity contribution in [2.75, 3.05) is 0 Å². The molecule has 0 N–H and O–H groups in total. The van der Waals surface area contributed by atoms with Gasteiger partial charge in [-0.25, -0.2) is 0 Å². The first-order valence-electron chi connectivity index (χ1n) is 5.17. The van der Waals surface area contributed by atoms with Crippen LogP contribution in [0.3, 0.4) is 0 Å². The summed E-state index contributed by atoms with van der Waals surface area (Å²) in [6.07, 6.45) is 1.34. The molecule has 0 radical (unpaired) electrons. The summed E-state index contributed by atoms with van der Waals surface area (Å²) in [6, 6.07) is 13.9. The van der Waals surface area contributed by atoms with Gasteiger partial charge in [-0.15, -0.1) is 4.73 Å². The molecule has 0 aliphatic heterocycles. The van der Waals surface area contributed by atoms with E-state index in [1.165, 1.54) is 12.3 Å². The number of aromatic nitrogens is 1. The molecule has 15 heavy (non-hydrogen) atoms. The van der Waals surface area contributed by atoms with Crippen LogP contribution in [0, 0.1) is 5.21 Å². The minimum atomic E-state index is -0.885.